The summed E-state index contributed by atoms with van der Waals surface area (Å²) in [5.74, 6) is 0.265. The fourth-order valence-corrected chi connectivity index (χ4v) is 3.88. The average molecular weight is 525 g/mol. The number of ether oxygens (including phenoxy) is 1. The Morgan fingerprint density at radius 2 is 1.73 bits per heavy atom. The van der Waals surface area contributed by atoms with Crippen molar-refractivity contribution in [1.29, 1.82) is 0 Å². The second-order valence-corrected chi connectivity index (χ2v) is 8.75. The van der Waals surface area contributed by atoms with Crippen LogP contribution in [0, 0.1) is 6.92 Å². The Kier molecular flexibility index (Phi) is 7.14. The summed E-state index contributed by atoms with van der Waals surface area (Å²) in [5.41, 5.74) is 1.89. The zero-order chi connectivity index (χ0) is 23.5. The summed E-state index contributed by atoms with van der Waals surface area (Å²) in [5, 5.41) is 13.0. The van der Waals surface area contributed by atoms with Crippen LogP contribution < -0.4 is 10.1 Å². The van der Waals surface area contributed by atoms with Crippen molar-refractivity contribution < 1.29 is 9.53 Å². The molecule has 0 radical (unpaired) electrons. The zero-order valence-electron chi connectivity index (χ0n) is 17.2. The van der Waals surface area contributed by atoms with Gasteiger partial charge in [-0.25, -0.2) is 4.68 Å². The molecular formula is C22H17Cl4N5O2. The van der Waals surface area contributed by atoms with E-state index in [0.717, 1.165) is 5.56 Å². The second-order valence-electron chi connectivity index (χ2n) is 7.13. The molecule has 0 spiro atoms. The number of amides is 1. The van der Waals surface area contributed by atoms with Gasteiger partial charge in [0.15, 0.2) is 18.2 Å². The molecule has 0 atom stereocenters. The molecule has 0 unspecified atom stereocenters. The maximum atomic E-state index is 12.6. The number of nitrogens with one attached hydrogen (secondary N) is 1. The van der Waals surface area contributed by atoms with Crippen LogP contribution in [0.5, 0.6) is 5.75 Å². The third-order valence-corrected chi connectivity index (χ3v) is 5.94. The van der Waals surface area contributed by atoms with Gasteiger partial charge in [-0.2, -0.15) is 10.2 Å². The SMILES string of the molecule is Cc1ccc(Cl)c(OCn2ccc(C(=O)Nc3nn(Cc4c(Cl)cccc4Cl)cc3Cl)n2)c1. The van der Waals surface area contributed by atoms with E-state index in [1.54, 1.807) is 47.4 Å². The van der Waals surface area contributed by atoms with Crippen molar-refractivity contribution in [2.45, 2.75) is 20.2 Å². The molecule has 1 N–H and O–H groups in total. The van der Waals surface area contributed by atoms with Crippen molar-refractivity contribution in [2.24, 2.45) is 0 Å². The fourth-order valence-electron chi connectivity index (χ4n) is 2.99. The summed E-state index contributed by atoms with van der Waals surface area (Å²) in [6.45, 7) is 2.32. The summed E-state index contributed by atoms with van der Waals surface area (Å²) >= 11 is 24.8. The molecule has 2 aromatic heterocycles. The first-order chi connectivity index (χ1) is 15.8. The molecule has 170 valence electrons. The van der Waals surface area contributed by atoms with Gasteiger partial charge in [0, 0.05) is 28.0 Å². The number of carbonyl (C=O) groups is 1. The van der Waals surface area contributed by atoms with Crippen molar-refractivity contribution in [1.82, 2.24) is 19.6 Å². The van der Waals surface area contributed by atoms with E-state index in [2.05, 4.69) is 15.5 Å². The van der Waals surface area contributed by atoms with E-state index in [0.29, 0.717) is 32.9 Å². The standard InChI is InChI=1S/C22H17Cl4N5O2/c1-13-5-6-17(25)20(9-13)33-12-30-8-7-19(28-30)22(32)27-21-18(26)11-31(29-21)10-14-15(23)3-2-4-16(14)24/h2-9,11H,10,12H2,1H3,(H,27,29,32). The highest BCUT2D eigenvalue weighted by Gasteiger charge is 2.16. The summed E-state index contributed by atoms with van der Waals surface area (Å²) in [7, 11) is 0. The van der Waals surface area contributed by atoms with Gasteiger partial charge in [-0.1, -0.05) is 58.5 Å². The summed E-state index contributed by atoms with van der Waals surface area (Å²) in [4.78, 5) is 12.6. The smallest absolute Gasteiger partial charge is 0.277 e. The Hall–Kier alpha value is -2.71. The monoisotopic (exact) mass is 523 g/mol. The number of aromatic nitrogens is 4. The van der Waals surface area contributed by atoms with Crippen molar-refractivity contribution in [3.63, 3.8) is 0 Å². The van der Waals surface area contributed by atoms with E-state index in [1.165, 1.54) is 4.68 Å². The molecule has 11 heteroatoms. The number of hydrogen-bond donors (Lipinski definition) is 1. The van der Waals surface area contributed by atoms with Gasteiger partial charge in [-0.15, -0.1) is 0 Å². The Bertz CT molecular complexity index is 1300. The normalized spacial score (nSPS) is 10.9. The van der Waals surface area contributed by atoms with E-state index in [9.17, 15) is 4.79 Å². The van der Waals surface area contributed by atoms with Crippen LogP contribution >= 0.6 is 46.4 Å². The minimum absolute atomic E-state index is 0.0877. The molecule has 0 saturated carbocycles. The van der Waals surface area contributed by atoms with Gasteiger partial charge in [0.05, 0.1) is 11.6 Å². The van der Waals surface area contributed by atoms with E-state index in [1.807, 2.05) is 19.1 Å². The second kappa shape index (κ2) is 10.1. The maximum absolute atomic E-state index is 12.6. The number of halogens is 4. The van der Waals surface area contributed by atoms with Crippen LogP contribution in [-0.4, -0.2) is 25.5 Å². The topological polar surface area (TPSA) is 74.0 Å². The molecule has 0 saturated heterocycles. The van der Waals surface area contributed by atoms with E-state index in [4.69, 9.17) is 51.1 Å². The highest BCUT2D eigenvalue weighted by atomic mass is 35.5. The van der Waals surface area contributed by atoms with Crippen molar-refractivity contribution in [3.05, 3.63) is 91.8 Å². The van der Waals surface area contributed by atoms with Crippen LogP contribution in [0.4, 0.5) is 5.82 Å². The molecule has 4 rings (SSSR count). The molecule has 2 aromatic carbocycles. The van der Waals surface area contributed by atoms with Gasteiger partial charge in [0.1, 0.15) is 10.8 Å². The minimum atomic E-state index is -0.467. The lowest BCUT2D eigenvalue weighted by Gasteiger charge is -2.08. The molecule has 0 bridgehead atoms. The molecule has 0 aliphatic rings. The van der Waals surface area contributed by atoms with E-state index < -0.39 is 5.91 Å². The van der Waals surface area contributed by atoms with Gasteiger partial charge in [-0.05, 0) is 42.8 Å². The molecule has 0 aliphatic heterocycles. The number of rotatable bonds is 7. The van der Waals surface area contributed by atoms with Gasteiger partial charge in [0.25, 0.3) is 5.91 Å². The van der Waals surface area contributed by atoms with Gasteiger partial charge >= 0.3 is 0 Å². The molecule has 0 aliphatic carbocycles. The number of nitrogens with zero attached hydrogens (tertiary/aromatic N) is 4. The molecular weight excluding hydrogens is 508 g/mol. The first-order valence-corrected chi connectivity index (χ1v) is 11.2. The lowest BCUT2D eigenvalue weighted by Crippen LogP contribution is -2.15. The lowest BCUT2D eigenvalue weighted by atomic mass is 10.2. The number of benzene rings is 2. The molecule has 4 aromatic rings. The quantitative estimate of drug-likeness (QED) is 0.306. The lowest BCUT2D eigenvalue weighted by molar-refractivity contribution is 0.101. The molecule has 1 amide bonds. The van der Waals surface area contributed by atoms with Crippen LogP contribution in [0.15, 0.2) is 54.9 Å². The minimum Gasteiger partial charge on any atom is -0.470 e. The maximum Gasteiger partial charge on any atom is 0.277 e. The van der Waals surface area contributed by atoms with Crippen LogP contribution in [0.3, 0.4) is 0 Å². The highest BCUT2D eigenvalue weighted by molar-refractivity contribution is 6.36. The van der Waals surface area contributed by atoms with Crippen LogP contribution in [-0.2, 0) is 13.3 Å². The highest BCUT2D eigenvalue weighted by Crippen LogP contribution is 2.27. The Morgan fingerprint density at radius 3 is 2.48 bits per heavy atom. The third-order valence-electron chi connectivity index (χ3n) is 4.64. The number of aryl methyl sites for hydroxylation is 1. The number of carbonyl (C=O) groups excluding carboxylic acids is 1. The van der Waals surface area contributed by atoms with Gasteiger partial charge in [0.2, 0.25) is 0 Å². The largest absolute Gasteiger partial charge is 0.470 e. The fraction of sp³-hybridized carbons (Fsp3) is 0.136. The Labute approximate surface area is 209 Å². The van der Waals surface area contributed by atoms with Gasteiger partial charge in [-0.3, -0.25) is 9.48 Å². The van der Waals surface area contributed by atoms with Crippen molar-refractivity contribution in [3.8, 4) is 5.75 Å². The zero-order valence-corrected chi connectivity index (χ0v) is 20.3. The first-order valence-electron chi connectivity index (χ1n) is 9.70. The summed E-state index contributed by atoms with van der Waals surface area (Å²) < 4.78 is 8.72. The average Bonchev–Trinajstić information content (AvgIpc) is 3.38. The first kappa shape index (κ1) is 23.4. The van der Waals surface area contributed by atoms with Crippen molar-refractivity contribution >= 4 is 58.1 Å². The molecule has 2 heterocycles. The molecule has 33 heavy (non-hydrogen) atoms. The summed E-state index contributed by atoms with van der Waals surface area (Å²) in [6.07, 6.45) is 3.20. The number of anilines is 1. The van der Waals surface area contributed by atoms with Crippen molar-refractivity contribution in [2.75, 3.05) is 5.32 Å². The molecule has 7 nitrogen and oxygen atoms in total. The van der Waals surface area contributed by atoms with Gasteiger partial charge < -0.3 is 10.1 Å². The number of hydrogen-bond acceptors (Lipinski definition) is 4. The Morgan fingerprint density at radius 1 is 0.970 bits per heavy atom. The van der Waals surface area contributed by atoms with Crippen LogP contribution in [0.1, 0.15) is 21.6 Å². The summed E-state index contributed by atoms with van der Waals surface area (Å²) in [6, 6.07) is 12.3. The van der Waals surface area contributed by atoms with E-state index >= 15 is 0 Å². The Balaban J connectivity index is 1.41. The molecule has 0 fully saturated rings. The van der Waals surface area contributed by atoms with E-state index in [-0.39, 0.29) is 23.3 Å². The predicted octanol–water partition coefficient (Wildman–Crippen LogP) is 6.34. The third kappa shape index (κ3) is 5.62. The van der Waals surface area contributed by atoms with Crippen LogP contribution in [0.2, 0.25) is 20.1 Å². The van der Waals surface area contributed by atoms with Crippen LogP contribution in [0.25, 0.3) is 0 Å². The predicted molar refractivity (Wildman–Crippen MR) is 130 cm³/mol.